The van der Waals surface area contributed by atoms with E-state index in [0.29, 0.717) is 23.7 Å². The summed E-state index contributed by atoms with van der Waals surface area (Å²) in [5, 5.41) is 0.456. The molecule has 1 aromatic rings. The van der Waals surface area contributed by atoms with Gasteiger partial charge in [0.05, 0.1) is 10.6 Å². The number of rotatable bonds is 5. The van der Waals surface area contributed by atoms with Gasteiger partial charge in [0.25, 0.3) is 5.91 Å². The molecule has 0 aromatic heterocycles. The topological polar surface area (TPSA) is 20.3 Å². The van der Waals surface area contributed by atoms with E-state index in [9.17, 15) is 4.79 Å². The van der Waals surface area contributed by atoms with Gasteiger partial charge >= 0.3 is 0 Å². The Hall–Kier alpha value is -0.930. The summed E-state index contributed by atoms with van der Waals surface area (Å²) in [6.07, 6.45) is 2.61. The number of halogens is 1. The molecule has 0 spiro atoms. The van der Waals surface area contributed by atoms with Gasteiger partial charge in [-0.15, -0.1) is 19.2 Å². The van der Waals surface area contributed by atoms with Gasteiger partial charge in [0.15, 0.2) is 0 Å². The Morgan fingerprint density at radius 1 is 1.59 bits per heavy atom. The number of carbonyl (C=O) groups excluding carboxylic acids is 1. The van der Waals surface area contributed by atoms with Crippen molar-refractivity contribution in [2.45, 2.75) is 18.2 Å². The van der Waals surface area contributed by atoms with Crippen LogP contribution in [0.15, 0.2) is 35.7 Å². The number of carbonyl (C=O) groups is 1. The zero-order valence-corrected chi connectivity index (χ0v) is 11.5. The van der Waals surface area contributed by atoms with E-state index in [4.69, 9.17) is 11.6 Å². The van der Waals surface area contributed by atoms with Gasteiger partial charge in [0, 0.05) is 18.0 Å². The van der Waals surface area contributed by atoms with E-state index in [1.165, 1.54) is 0 Å². The zero-order chi connectivity index (χ0) is 12.8. The van der Waals surface area contributed by atoms with Crippen molar-refractivity contribution in [1.29, 1.82) is 0 Å². The lowest BCUT2D eigenvalue weighted by Gasteiger charge is -2.21. The summed E-state index contributed by atoms with van der Waals surface area (Å²) in [7, 11) is 0. The maximum absolute atomic E-state index is 12.3. The summed E-state index contributed by atoms with van der Waals surface area (Å²) >= 11 is 10.2. The van der Waals surface area contributed by atoms with Gasteiger partial charge in [0.2, 0.25) is 0 Å². The zero-order valence-electron chi connectivity index (χ0n) is 9.82. The molecule has 0 atom stereocenters. The minimum absolute atomic E-state index is 0.0762. The minimum atomic E-state index is -0.0762. The molecule has 17 heavy (non-hydrogen) atoms. The molecular weight excluding hydrogens is 254 g/mol. The summed E-state index contributed by atoms with van der Waals surface area (Å²) in [5.74, 6) is -0.0762. The monoisotopic (exact) mass is 269 g/mol. The molecule has 0 heterocycles. The van der Waals surface area contributed by atoms with Crippen LogP contribution < -0.4 is 0 Å². The predicted octanol–water partition coefficient (Wildman–Crippen LogP) is 3.67. The van der Waals surface area contributed by atoms with Crippen LogP contribution in [0.4, 0.5) is 0 Å². The maximum atomic E-state index is 12.3. The van der Waals surface area contributed by atoms with Gasteiger partial charge in [-0.2, -0.15) is 0 Å². The van der Waals surface area contributed by atoms with Crippen LogP contribution in [0.3, 0.4) is 0 Å². The van der Waals surface area contributed by atoms with Crippen molar-refractivity contribution in [3.63, 3.8) is 0 Å². The number of thiol groups is 1. The molecular formula is C13H16ClNOS. The van der Waals surface area contributed by atoms with E-state index in [1.807, 2.05) is 6.92 Å². The number of hydrogen-bond donors (Lipinski definition) is 1. The molecule has 0 N–H and O–H groups in total. The molecule has 1 amide bonds. The van der Waals surface area contributed by atoms with Gasteiger partial charge in [-0.05, 0) is 24.6 Å². The Bertz CT molecular complexity index is 420. The number of amides is 1. The van der Waals surface area contributed by atoms with Crippen LogP contribution in [0.2, 0.25) is 5.02 Å². The molecule has 0 aliphatic carbocycles. The first-order valence-corrected chi connectivity index (χ1v) is 6.31. The van der Waals surface area contributed by atoms with E-state index >= 15 is 0 Å². The summed E-state index contributed by atoms with van der Waals surface area (Å²) in [4.78, 5) is 14.7. The van der Waals surface area contributed by atoms with Crippen LogP contribution in [-0.2, 0) is 0 Å². The lowest BCUT2D eigenvalue weighted by atomic mass is 10.2. The van der Waals surface area contributed by atoms with Crippen LogP contribution in [0, 0.1) is 0 Å². The first kappa shape index (κ1) is 14.1. The third-order valence-corrected chi connectivity index (χ3v) is 2.92. The van der Waals surface area contributed by atoms with Crippen molar-refractivity contribution in [1.82, 2.24) is 4.90 Å². The summed E-state index contributed by atoms with van der Waals surface area (Å²) in [6.45, 7) is 6.90. The van der Waals surface area contributed by atoms with Gasteiger partial charge < -0.3 is 4.90 Å². The smallest absolute Gasteiger partial charge is 0.255 e. The molecule has 0 unspecified atom stereocenters. The molecule has 0 saturated carbocycles. The van der Waals surface area contributed by atoms with Crippen molar-refractivity contribution in [2.24, 2.45) is 0 Å². The van der Waals surface area contributed by atoms with Gasteiger partial charge in [0.1, 0.15) is 0 Å². The van der Waals surface area contributed by atoms with Crippen LogP contribution >= 0.6 is 24.2 Å². The van der Waals surface area contributed by atoms with E-state index < -0.39 is 0 Å². The summed E-state index contributed by atoms with van der Waals surface area (Å²) in [5.41, 5.74) is 0.495. The summed E-state index contributed by atoms with van der Waals surface area (Å²) < 4.78 is 0. The number of benzene rings is 1. The van der Waals surface area contributed by atoms with Crippen LogP contribution in [0.25, 0.3) is 0 Å². The van der Waals surface area contributed by atoms with E-state index in [0.717, 1.165) is 11.3 Å². The molecule has 92 valence electrons. The fourth-order valence-corrected chi connectivity index (χ4v) is 1.95. The molecule has 0 radical (unpaired) electrons. The Morgan fingerprint density at radius 2 is 2.29 bits per heavy atom. The molecule has 0 bridgehead atoms. The minimum Gasteiger partial charge on any atom is -0.335 e. The quantitative estimate of drug-likeness (QED) is 0.639. The van der Waals surface area contributed by atoms with Crippen LogP contribution in [0.1, 0.15) is 23.7 Å². The highest BCUT2D eigenvalue weighted by Gasteiger charge is 2.16. The molecule has 4 heteroatoms. The van der Waals surface area contributed by atoms with Crippen molar-refractivity contribution in [2.75, 3.05) is 13.1 Å². The molecule has 1 rings (SSSR count). The first-order chi connectivity index (χ1) is 8.10. The maximum Gasteiger partial charge on any atom is 0.255 e. The van der Waals surface area contributed by atoms with Crippen LogP contribution in [-0.4, -0.2) is 23.9 Å². The Labute approximate surface area is 113 Å². The highest BCUT2D eigenvalue weighted by atomic mass is 35.5. The molecule has 0 saturated heterocycles. The van der Waals surface area contributed by atoms with Gasteiger partial charge in [-0.3, -0.25) is 4.79 Å². The predicted molar refractivity (Wildman–Crippen MR) is 75.1 cm³/mol. The van der Waals surface area contributed by atoms with Crippen LogP contribution in [0.5, 0.6) is 0 Å². The molecule has 1 aromatic carbocycles. The largest absolute Gasteiger partial charge is 0.335 e. The van der Waals surface area contributed by atoms with Gasteiger partial charge in [-0.1, -0.05) is 24.6 Å². The normalized spacial score (nSPS) is 10.1. The fraction of sp³-hybridized carbons (Fsp3) is 0.308. The second-order valence-corrected chi connectivity index (χ2v) is 4.63. The number of nitrogens with zero attached hydrogens (tertiary/aromatic N) is 1. The lowest BCUT2D eigenvalue weighted by molar-refractivity contribution is 0.0774. The average Bonchev–Trinajstić information content (AvgIpc) is 2.31. The molecule has 0 aliphatic heterocycles. The van der Waals surface area contributed by atoms with E-state index in [2.05, 4.69) is 19.2 Å². The highest BCUT2D eigenvalue weighted by Crippen LogP contribution is 2.21. The molecule has 0 fully saturated rings. The third-order valence-electron chi connectivity index (χ3n) is 2.31. The second kappa shape index (κ2) is 6.72. The average molecular weight is 270 g/mol. The number of hydrogen-bond acceptors (Lipinski definition) is 2. The van der Waals surface area contributed by atoms with E-state index in [1.54, 1.807) is 29.2 Å². The van der Waals surface area contributed by atoms with Crippen molar-refractivity contribution >= 4 is 30.1 Å². The van der Waals surface area contributed by atoms with Gasteiger partial charge in [-0.25, -0.2) is 0 Å². The standard InChI is InChI=1S/C13H16ClNOS/c1-3-7-15(8-4-2)13(16)11-9-10(17)5-6-12(11)14/h3,5-6,9,17H,1,4,7-8H2,2H3. The van der Waals surface area contributed by atoms with Crippen molar-refractivity contribution in [3.8, 4) is 0 Å². The Morgan fingerprint density at radius 3 is 2.88 bits per heavy atom. The highest BCUT2D eigenvalue weighted by molar-refractivity contribution is 7.80. The summed E-state index contributed by atoms with van der Waals surface area (Å²) in [6, 6.07) is 5.15. The third kappa shape index (κ3) is 3.79. The first-order valence-electron chi connectivity index (χ1n) is 5.48. The lowest BCUT2D eigenvalue weighted by Crippen LogP contribution is -2.32. The van der Waals surface area contributed by atoms with Crippen molar-refractivity contribution in [3.05, 3.63) is 41.4 Å². The fourth-order valence-electron chi connectivity index (χ4n) is 1.55. The molecule has 2 nitrogen and oxygen atoms in total. The Kier molecular flexibility index (Phi) is 5.59. The molecule has 0 aliphatic rings. The second-order valence-electron chi connectivity index (χ2n) is 3.70. The van der Waals surface area contributed by atoms with Crippen molar-refractivity contribution < 1.29 is 4.79 Å². The van der Waals surface area contributed by atoms with E-state index in [-0.39, 0.29) is 5.91 Å². The SMILES string of the molecule is C=CCN(CCC)C(=O)c1cc(S)ccc1Cl. The Balaban J connectivity index is 2.99.